The van der Waals surface area contributed by atoms with Gasteiger partial charge >= 0.3 is 5.97 Å². The molecule has 0 radical (unpaired) electrons. The molecule has 0 spiro atoms. The fourth-order valence-electron chi connectivity index (χ4n) is 1.96. The summed E-state index contributed by atoms with van der Waals surface area (Å²) in [5.74, 6) is -0.973. The van der Waals surface area contributed by atoms with Gasteiger partial charge in [0.05, 0.1) is 5.56 Å². The molecule has 0 aromatic carbocycles. The number of nitrogens with one attached hydrogen (secondary N) is 1. The van der Waals surface area contributed by atoms with Gasteiger partial charge in [0.25, 0.3) is 0 Å². The predicted molar refractivity (Wildman–Crippen MR) is 62.9 cm³/mol. The monoisotopic (exact) mass is 237 g/mol. The fourth-order valence-corrected chi connectivity index (χ4v) is 2.23. The Labute approximate surface area is 98.4 Å². The van der Waals surface area contributed by atoms with Crippen molar-refractivity contribution >= 4 is 17.6 Å². The smallest absolute Gasteiger partial charge is 0.337 e. The lowest BCUT2D eigenvalue weighted by Gasteiger charge is -2.16. The van der Waals surface area contributed by atoms with Gasteiger partial charge in [-0.15, -0.1) is 0 Å². The summed E-state index contributed by atoms with van der Waals surface area (Å²) in [4.78, 5) is 14.2. The molecule has 1 unspecified atom stereocenters. The zero-order valence-electron chi connectivity index (χ0n) is 8.83. The van der Waals surface area contributed by atoms with E-state index in [0.717, 1.165) is 12.0 Å². The number of H-pyrrole nitrogens is 1. The van der Waals surface area contributed by atoms with Crippen molar-refractivity contribution in [2.45, 2.75) is 19.3 Å². The first kappa shape index (κ1) is 11.0. The molecular formula is C12H12ClNO2. The van der Waals surface area contributed by atoms with Crippen molar-refractivity contribution in [2.24, 2.45) is 0 Å². The van der Waals surface area contributed by atoms with Gasteiger partial charge in [0.1, 0.15) is 0 Å². The molecule has 0 saturated carbocycles. The molecule has 0 fully saturated rings. The maximum atomic E-state index is 11.2. The largest absolute Gasteiger partial charge is 0.478 e. The first-order chi connectivity index (χ1) is 7.61. The molecule has 1 aromatic rings. The van der Waals surface area contributed by atoms with Crippen LogP contribution in [-0.2, 0) is 0 Å². The minimum Gasteiger partial charge on any atom is -0.478 e. The Bertz CT molecular complexity index is 485. The van der Waals surface area contributed by atoms with Crippen molar-refractivity contribution in [1.29, 1.82) is 0 Å². The third-order valence-corrected chi connectivity index (χ3v) is 3.16. The molecule has 1 aliphatic carbocycles. The van der Waals surface area contributed by atoms with E-state index in [1.807, 2.05) is 12.2 Å². The van der Waals surface area contributed by atoms with E-state index in [0.29, 0.717) is 16.3 Å². The Morgan fingerprint density at radius 1 is 1.62 bits per heavy atom. The third-order valence-electron chi connectivity index (χ3n) is 2.77. The number of halogens is 1. The summed E-state index contributed by atoms with van der Waals surface area (Å²) in [7, 11) is 0. The van der Waals surface area contributed by atoms with Gasteiger partial charge in [-0.1, -0.05) is 23.8 Å². The molecular weight excluding hydrogens is 226 g/mol. The van der Waals surface area contributed by atoms with Crippen LogP contribution in [0.2, 0.25) is 0 Å². The highest BCUT2D eigenvalue weighted by Gasteiger charge is 2.24. The van der Waals surface area contributed by atoms with Crippen LogP contribution >= 0.6 is 11.6 Å². The number of aryl methyl sites for hydroxylation is 1. The van der Waals surface area contributed by atoms with Gasteiger partial charge in [-0.05, 0) is 25.0 Å². The summed E-state index contributed by atoms with van der Waals surface area (Å²) in [6.07, 6.45) is 8.11. The molecule has 3 nitrogen and oxygen atoms in total. The molecule has 4 heteroatoms. The van der Waals surface area contributed by atoms with Gasteiger partial charge in [0, 0.05) is 22.8 Å². The highest BCUT2D eigenvalue weighted by Crippen LogP contribution is 2.35. The summed E-state index contributed by atoms with van der Waals surface area (Å²) in [6.45, 7) is 1.78. The number of allylic oxidation sites excluding steroid dienone is 4. The summed E-state index contributed by atoms with van der Waals surface area (Å²) in [5.41, 5.74) is 1.77. The standard InChI is InChI=1S/C12H12ClNO2/c1-7-6-14-11(10(7)12(15)16)8-4-2-3-5-9(8)13/h2-3,5-6,8,14H,4H2,1H3,(H,15,16). The number of aromatic carboxylic acids is 1. The molecule has 1 heterocycles. The topological polar surface area (TPSA) is 53.1 Å². The van der Waals surface area contributed by atoms with E-state index >= 15 is 0 Å². The lowest BCUT2D eigenvalue weighted by Crippen LogP contribution is -2.08. The van der Waals surface area contributed by atoms with E-state index in [9.17, 15) is 4.79 Å². The lowest BCUT2D eigenvalue weighted by molar-refractivity contribution is 0.0695. The van der Waals surface area contributed by atoms with Crippen molar-refractivity contribution in [3.05, 3.63) is 46.3 Å². The second-order valence-corrected chi connectivity index (χ2v) is 4.27. The summed E-state index contributed by atoms with van der Waals surface area (Å²) >= 11 is 6.10. The number of carboxylic acids is 1. The quantitative estimate of drug-likeness (QED) is 0.830. The van der Waals surface area contributed by atoms with E-state index in [2.05, 4.69) is 4.98 Å². The van der Waals surface area contributed by atoms with Crippen LogP contribution in [0.5, 0.6) is 0 Å². The maximum Gasteiger partial charge on any atom is 0.337 e. The Morgan fingerprint density at radius 2 is 2.38 bits per heavy atom. The van der Waals surface area contributed by atoms with Crippen LogP contribution in [0.4, 0.5) is 0 Å². The molecule has 1 aromatic heterocycles. The summed E-state index contributed by atoms with van der Waals surface area (Å²) < 4.78 is 0. The van der Waals surface area contributed by atoms with Gasteiger partial charge in [0.15, 0.2) is 0 Å². The van der Waals surface area contributed by atoms with Crippen LogP contribution < -0.4 is 0 Å². The van der Waals surface area contributed by atoms with Crippen molar-refractivity contribution < 1.29 is 9.90 Å². The zero-order chi connectivity index (χ0) is 11.7. The number of rotatable bonds is 2. The first-order valence-electron chi connectivity index (χ1n) is 5.04. The second kappa shape index (κ2) is 4.18. The zero-order valence-corrected chi connectivity index (χ0v) is 9.58. The minimum absolute atomic E-state index is 0.0635. The van der Waals surface area contributed by atoms with Gasteiger partial charge in [-0.3, -0.25) is 0 Å². The van der Waals surface area contributed by atoms with E-state index in [4.69, 9.17) is 16.7 Å². The van der Waals surface area contributed by atoms with Crippen LogP contribution in [0, 0.1) is 6.92 Å². The summed E-state index contributed by atoms with van der Waals surface area (Å²) in [6, 6.07) is 0. The van der Waals surface area contributed by atoms with E-state index in [1.54, 1.807) is 19.2 Å². The normalized spacial score (nSPS) is 19.6. The number of hydrogen-bond acceptors (Lipinski definition) is 1. The number of carboxylic acid groups (broad SMARTS) is 1. The average Bonchev–Trinajstić information content (AvgIpc) is 2.61. The molecule has 0 bridgehead atoms. The van der Waals surface area contributed by atoms with Crippen LogP contribution in [0.25, 0.3) is 0 Å². The molecule has 0 amide bonds. The fraction of sp³-hybridized carbons (Fsp3) is 0.250. The van der Waals surface area contributed by atoms with E-state index < -0.39 is 5.97 Å². The molecule has 0 saturated heterocycles. The Morgan fingerprint density at radius 3 is 3.00 bits per heavy atom. The average molecular weight is 238 g/mol. The van der Waals surface area contributed by atoms with Gasteiger partial charge < -0.3 is 10.1 Å². The Hall–Kier alpha value is -1.48. The van der Waals surface area contributed by atoms with Gasteiger partial charge in [-0.25, -0.2) is 4.79 Å². The van der Waals surface area contributed by atoms with Crippen molar-refractivity contribution in [3.63, 3.8) is 0 Å². The number of aromatic amines is 1. The molecule has 84 valence electrons. The molecule has 1 aliphatic rings. The van der Waals surface area contributed by atoms with E-state index in [-0.39, 0.29) is 5.92 Å². The molecule has 16 heavy (non-hydrogen) atoms. The Balaban J connectivity index is 2.45. The summed E-state index contributed by atoms with van der Waals surface area (Å²) in [5, 5.41) is 9.82. The van der Waals surface area contributed by atoms with Crippen LogP contribution in [0.3, 0.4) is 0 Å². The first-order valence-corrected chi connectivity index (χ1v) is 5.42. The van der Waals surface area contributed by atoms with Gasteiger partial charge in [-0.2, -0.15) is 0 Å². The minimum atomic E-state index is -0.909. The number of carbonyl (C=O) groups is 1. The van der Waals surface area contributed by atoms with Crippen LogP contribution in [0.15, 0.2) is 29.5 Å². The number of aromatic nitrogens is 1. The molecule has 2 rings (SSSR count). The van der Waals surface area contributed by atoms with Crippen molar-refractivity contribution in [1.82, 2.24) is 4.98 Å². The maximum absolute atomic E-state index is 11.2. The lowest BCUT2D eigenvalue weighted by atomic mass is 9.93. The van der Waals surface area contributed by atoms with Crippen LogP contribution in [0.1, 0.15) is 34.0 Å². The second-order valence-electron chi connectivity index (χ2n) is 3.83. The predicted octanol–water partition coefficient (Wildman–Crippen LogP) is 3.19. The number of hydrogen-bond donors (Lipinski definition) is 2. The molecule has 0 aliphatic heterocycles. The van der Waals surface area contributed by atoms with Gasteiger partial charge in [0.2, 0.25) is 0 Å². The highest BCUT2D eigenvalue weighted by atomic mass is 35.5. The highest BCUT2D eigenvalue weighted by molar-refractivity contribution is 6.30. The van der Waals surface area contributed by atoms with Crippen molar-refractivity contribution in [3.8, 4) is 0 Å². The van der Waals surface area contributed by atoms with Crippen LogP contribution in [-0.4, -0.2) is 16.1 Å². The molecule has 2 N–H and O–H groups in total. The Kier molecular flexibility index (Phi) is 2.88. The van der Waals surface area contributed by atoms with Crippen molar-refractivity contribution in [2.75, 3.05) is 0 Å². The SMILES string of the molecule is Cc1c[nH]c(C2CC=CC=C2Cl)c1C(=O)O. The third kappa shape index (κ3) is 1.78. The van der Waals surface area contributed by atoms with E-state index in [1.165, 1.54) is 0 Å². The molecule has 1 atom stereocenters.